The maximum Gasteiger partial charge on any atom is 0.241 e. The number of imide groups is 1. The van der Waals surface area contributed by atoms with Gasteiger partial charge in [0.2, 0.25) is 11.8 Å². The first-order valence-corrected chi connectivity index (χ1v) is 6.53. The smallest absolute Gasteiger partial charge is 0.241 e. The van der Waals surface area contributed by atoms with Crippen molar-refractivity contribution in [3.8, 4) is 0 Å². The summed E-state index contributed by atoms with van der Waals surface area (Å²) in [5.74, 6) is -1.23. The third-order valence-electron chi connectivity index (χ3n) is 2.37. The molecule has 1 heterocycles. The number of hydrogen-bond donors (Lipinski definition) is 1. The average molecular weight is 367 g/mol. The third-order valence-corrected chi connectivity index (χ3v) is 4.15. The van der Waals surface area contributed by atoms with Gasteiger partial charge in [-0.3, -0.25) is 14.9 Å². The van der Waals surface area contributed by atoms with Crippen molar-refractivity contribution in [3.63, 3.8) is 0 Å². The van der Waals surface area contributed by atoms with Crippen molar-refractivity contribution in [1.82, 2.24) is 5.32 Å². The Kier molecular flexibility index (Phi) is 3.37. The molecule has 0 spiro atoms. The van der Waals surface area contributed by atoms with Crippen molar-refractivity contribution in [3.05, 3.63) is 33.3 Å². The predicted octanol–water partition coefficient (Wildman–Crippen LogP) is 2.61. The van der Waals surface area contributed by atoms with Crippen LogP contribution in [0.5, 0.6) is 0 Å². The minimum atomic E-state index is -0.572. The van der Waals surface area contributed by atoms with Crippen molar-refractivity contribution in [2.45, 2.75) is 10.7 Å². The van der Waals surface area contributed by atoms with E-state index in [1.807, 2.05) is 0 Å². The van der Waals surface area contributed by atoms with E-state index in [2.05, 4.69) is 37.2 Å². The summed E-state index contributed by atoms with van der Waals surface area (Å²) in [6.07, 6.45) is 0. The second-order valence-electron chi connectivity index (χ2n) is 3.40. The topological polar surface area (TPSA) is 46.2 Å². The Morgan fingerprint density at radius 2 is 1.94 bits per heavy atom. The summed E-state index contributed by atoms with van der Waals surface area (Å²) in [5, 5.41) is 2.74. The van der Waals surface area contributed by atoms with Crippen LogP contribution in [0, 0.1) is 0 Å². The summed E-state index contributed by atoms with van der Waals surface area (Å²) in [5.41, 5.74) is 0.640. The van der Waals surface area contributed by atoms with E-state index in [0.29, 0.717) is 10.6 Å². The Labute approximate surface area is 114 Å². The number of benzene rings is 1. The molecule has 84 valence electrons. The first-order chi connectivity index (χ1) is 7.50. The summed E-state index contributed by atoms with van der Waals surface area (Å²) in [6.45, 7) is 0. The highest BCUT2D eigenvalue weighted by atomic mass is 79.9. The number of hydrogen-bond acceptors (Lipinski definition) is 2. The zero-order valence-corrected chi connectivity index (χ0v) is 11.8. The molecule has 1 aromatic rings. The molecule has 0 aliphatic carbocycles. The first kappa shape index (κ1) is 12.1. The van der Waals surface area contributed by atoms with E-state index in [9.17, 15) is 9.59 Å². The highest BCUT2D eigenvalue weighted by Crippen LogP contribution is 2.35. The molecule has 0 aromatic heterocycles. The number of alkyl halides is 1. The van der Waals surface area contributed by atoms with Gasteiger partial charge in [0.25, 0.3) is 0 Å². The van der Waals surface area contributed by atoms with Crippen LogP contribution in [0.2, 0.25) is 5.02 Å². The van der Waals surface area contributed by atoms with Crippen LogP contribution in [0.4, 0.5) is 0 Å². The minimum absolute atomic E-state index is 0.327. The molecule has 3 nitrogen and oxygen atoms in total. The Morgan fingerprint density at radius 3 is 2.50 bits per heavy atom. The van der Waals surface area contributed by atoms with Crippen molar-refractivity contribution >= 4 is 55.3 Å². The first-order valence-electron chi connectivity index (χ1n) is 4.44. The molecular formula is C10H6Br2ClNO2. The van der Waals surface area contributed by atoms with E-state index in [-0.39, 0.29) is 11.8 Å². The highest BCUT2D eigenvalue weighted by molar-refractivity contribution is 9.10. The van der Waals surface area contributed by atoms with E-state index in [4.69, 9.17) is 11.6 Å². The normalized spacial score (nSPS) is 24.7. The molecule has 1 aliphatic heterocycles. The number of amides is 2. The van der Waals surface area contributed by atoms with Gasteiger partial charge in [-0.05, 0) is 23.8 Å². The number of halogens is 3. The minimum Gasteiger partial charge on any atom is -0.295 e. The van der Waals surface area contributed by atoms with Gasteiger partial charge >= 0.3 is 0 Å². The Hall–Kier alpha value is -0.390. The molecule has 0 saturated carbocycles. The molecule has 16 heavy (non-hydrogen) atoms. The van der Waals surface area contributed by atoms with E-state index < -0.39 is 10.7 Å². The Bertz CT molecular complexity index is 478. The maximum atomic E-state index is 11.6. The zero-order valence-electron chi connectivity index (χ0n) is 7.84. The fourth-order valence-electron chi connectivity index (χ4n) is 1.60. The summed E-state index contributed by atoms with van der Waals surface area (Å²) in [7, 11) is 0. The van der Waals surface area contributed by atoms with E-state index in [0.717, 1.165) is 4.47 Å². The molecular weight excluding hydrogens is 361 g/mol. The van der Waals surface area contributed by atoms with Crippen LogP contribution in [-0.4, -0.2) is 16.6 Å². The fraction of sp³-hybridized carbons (Fsp3) is 0.200. The van der Waals surface area contributed by atoms with Crippen molar-refractivity contribution in [2.75, 3.05) is 0 Å². The van der Waals surface area contributed by atoms with Gasteiger partial charge in [-0.25, -0.2) is 0 Å². The lowest BCUT2D eigenvalue weighted by Crippen LogP contribution is -2.22. The van der Waals surface area contributed by atoms with Crippen molar-refractivity contribution < 1.29 is 9.59 Å². The van der Waals surface area contributed by atoms with Crippen LogP contribution >= 0.6 is 43.5 Å². The average Bonchev–Trinajstić information content (AvgIpc) is 2.46. The number of rotatable bonds is 1. The lowest BCUT2D eigenvalue weighted by atomic mass is 9.97. The lowest BCUT2D eigenvalue weighted by molar-refractivity contribution is -0.125. The molecule has 2 unspecified atom stereocenters. The van der Waals surface area contributed by atoms with Crippen molar-refractivity contribution in [2.24, 2.45) is 0 Å². The van der Waals surface area contributed by atoms with E-state index in [1.165, 1.54) is 0 Å². The van der Waals surface area contributed by atoms with Gasteiger partial charge in [0.1, 0.15) is 4.83 Å². The van der Waals surface area contributed by atoms with Crippen LogP contribution in [0.25, 0.3) is 0 Å². The van der Waals surface area contributed by atoms with Crippen LogP contribution in [-0.2, 0) is 9.59 Å². The van der Waals surface area contributed by atoms with Gasteiger partial charge in [-0.2, -0.15) is 0 Å². The van der Waals surface area contributed by atoms with Gasteiger partial charge < -0.3 is 0 Å². The monoisotopic (exact) mass is 365 g/mol. The lowest BCUT2D eigenvalue weighted by Gasteiger charge is -2.12. The molecule has 2 rings (SSSR count). The van der Waals surface area contributed by atoms with Crippen LogP contribution < -0.4 is 5.32 Å². The largest absolute Gasteiger partial charge is 0.295 e. The number of nitrogens with one attached hydrogen (secondary N) is 1. The van der Waals surface area contributed by atoms with Gasteiger partial charge in [0.05, 0.1) is 5.92 Å². The molecule has 1 fully saturated rings. The molecule has 2 atom stereocenters. The maximum absolute atomic E-state index is 11.6. The molecule has 1 N–H and O–H groups in total. The summed E-state index contributed by atoms with van der Waals surface area (Å²) in [4.78, 5) is 22.4. The summed E-state index contributed by atoms with van der Waals surface area (Å²) in [6, 6.07) is 5.22. The fourth-order valence-corrected chi connectivity index (χ4v) is 2.86. The highest BCUT2D eigenvalue weighted by Gasteiger charge is 2.41. The molecule has 1 aliphatic rings. The Balaban J connectivity index is 2.48. The van der Waals surface area contributed by atoms with Gasteiger partial charge in [-0.15, -0.1) is 0 Å². The Morgan fingerprint density at radius 1 is 1.25 bits per heavy atom. The van der Waals surface area contributed by atoms with Gasteiger partial charge in [0, 0.05) is 9.50 Å². The quantitative estimate of drug-likeness (QED) is 0.613. The molecule has 6 heteroatoms. The van der Waals surface area contributed by atoms with Gasteiger partial charge in [0.15, 0.2) is 0 Å². The van der Waals surface area contributed by atoms with Crippen LogP contribution in [0.1, 0.15) is 11.5 Å². The molecule has 2 amide bonds. The van der Waals surface area contributed by atoms with Gasteiger partial charge in [-0.1, -0.05) is 43.5 Å². The van der Waals surface area contributed by atoms with Crippen molar-refractivity contribution in [1.29, 1.82) is 0 Å². The van der Waals surface area contributed by atoms with E-state index in [1.54, 1.807) is 18.2 Å². The second-order valence-corrected chi connectivity index (χ2v) is 5.71. The number of carbonyl (C=O) groups is 2. The van der Waals surface area contributed by atoms with E-state index >= 15 is 0 Å². The van der Waals surface area contributed by atoms with Crippen LogP contribution in [0.3, 0.4) is 0 Å². The van der Waals surface area contributed by atoms with Crippen LogP contribution in [0.15, 0.2) is 22.7 Å². The zero-order chi connectivity index (χ0) is 11.9. The third kappa shape index (κ3) is 2.04. The predicted molar refractivity (Wildman–Crippen MR) is 67.8 cm³/mol. The molecule has 1 saturated heterocycles. The number of carbonyl (C=O) groups excluding carboxylic acids is 2. The molecule has 0 bridgehead atoms. The summed E-state index contributed by atoms with van der Waals surface area (Å²) < 4.78 is 0.818. The molecule has 0 radical (unpaired) electrons. The summed E-state index contributed by atoms with van der Waals surface area (Å²) >= 11 is 12.5. The SMILES string of the molecule is O=C1NC(=O)C(c2cc(Br)ccc2Cl)C1Br. The standard InChI is InChI=1S/C10H6Br2ClNO2/c11-4-1-2-6(13)5(3-4)7-8(12)10(16)14-9(7)15/h1-3,7-8H,(H,14,15,16). The second kappa shape index (κ2) is 4.47. The molecule has 1 aromatic carbocycles.